The molecule has 0 bridgehead atoms. The Balaban J connectivity index is 2.58. The van der Waals surface area contributed by atoms with E-state index in [4.69, 9.17) is 11.6 Å². The Morgan fingerprint density at radius 3 is 2.62 bits per heavy atom. The summed E-state index contributed by atoms with van der Waals surface area (Å²) in [7, 11) is 0. The summed E-state index contributed by atoms with van der Waals surface area (Å²) in [4.78, 5) is 0. The quantitative estimate of drug-likeness (QED) is 0.531. The predicted molar refractivity (Wildman–Crippen MR) is 74.2 cm³/mol. The predicted octanol–water partition coefficient (Wildman–Crippen LogP) is 4.63. The first-order valence-electron chi connectivity index (χ1n) is 5.05. The van der Waals surface area contributed by atoms with Crippen LogP contribution in [0.25, 0.3) is 10.8 Å². The summed E-state index contributed by atoms with van der Waals surface area (Å²) in [6.45, 7) is 0. The van der Waals surface area contributed by atoms with E-state index in [0.29, 0.717) is 0 Å². The third kappa shape index (κ3) is 2.40. The van der Waals surface area contributed by atoms with E-state index >= 15 is 0 Å². The second kappa shape index (κ2) is 5.39. The average molecular weight is 294 g/mol. The molecule has 0 spiro atoms. The smallest absolute Gasteiger partial charge is 0.0496 e. The number of benzene rings is 2. The summed E-state index contributed by atoms with van der Waals surface area (Å²) in [5.74, 6) is 6.28. The highest BCUT2D eigenvalue weighted by Crippen LogP contribution is 2.26. The first kappa shape index (κ1) is 11.5. The Labute approximate surface area is 109 Å². The van der Waals surface area contributed by atoms with Gasteiger partial charge in [-0.05, 0) is 17.5 Å². The van der Waals surface area contributed by atoms with Crippen LogP contribution in [0.1, 0.15) is 12.0 Å². The molecule has 0 aliphatic heterocycles. The maximum Gasteiger partial charge on any atom is 0.0496 e. The fraction of sp³-hybridized carbons (Fsp3) is 0.143. The first-order valence-corrected chi connectivity index (χ1v) is 6.55. The Kier molecular flexibility index (Phi) is 3.88. The van der Waals surface area contributed by atoms with E-state index in [1.807, 2.05) is 24.3 Å². The molecule has 0 aliphatic carbocycles. The van der Waals surface area contributed by atoms with Crippen LogP contribution in [0.4, 0.5) is 0 Å². The van der Waals surface area contributed by atoms with Crippen molar-refractivity contribution in [2.45, 2.75) is 6.42 Å². The van der Waals surface area contributed by atoms with Crippen LogP contribution in [0.5, 0.6) is 0 Å². The molecule has 0 atom stereocenters. The van der Waals surface area contributed by atoms with Crippen LogP contribution < -0.4 is 0 Å². The number of fused-ring (bicyclic) bond motifs is 1. The van der Waals surface area contributed by atoms with Crippen LogP contribution in [0.15, 0.2) is 36.4 Å². The summed E-state index contributed by atoms with van der Waals surface area (Å²) in [5.41, 5.74) is 1.00. The van der Waals surface area contributed by atoms with Crippen LogP contribution in [0, 0.1) is 11.8 Å². The lowest BCUT2D eigenvalue weighted by Gasteiger charge is -2.02. The van der Waals surface area contributed by atoms with Crippen molar-refractivity contribution in [1.29, 1.82) is 0 Å². The van der Waals surface area contributed by atoms with Crippen LogP contribution >= 0.6 is 27.5 Å². The molecule has 0 saturated heterocycles. The van der Waals surface area contributed by atoms with E-state index < -0.39 is 0 Å². The van der Waals surface area contributed by atoms with E-state index in [2.05, 4.69) is 39.9 Å². The second-order valence-corrected chi connectivity index (χ2v) is 4.58. The molecular weight excluding hydrogens is 284 g/mol. The lowest BCUT2D eigenvalue weighted by molar-refractivity contribution is 1.32. The third-order valence-electron chi connectivity index (χ3n) is 2.30. The Morgan fingerprint density at radius 1 is 1.12 bits per heavy atom. The number of hydrogen-bond donors (Lipinski definition) is 0. The molecule has 0 saturated carbocycles. The minimum Gasteiger partial charge on any atom is -0.0970 e. The van der Waals surface area contributed by atoms with Gasteiger partial charge < -0.3 is 0 Å². The minimum atomic E-state index is 0.765. The van der Waals surface area contributed by atoms with Crippen molar-refractivity contribution in [3.63, 3.8) is 0 Å². The molecule has 2 heteroatoms. The maximum absolute atomic E-state index is 6.20. The fourth-order valence-electron chi connectivity index (χ4n) is 1.60. The SMILES string of the molecule is Clc1cccc2cccc(C#CCCBr)c12. The average Bonchev–Trinajstić information content (AvgIpc) is 2.30. The van der Waals surface area contributed by atoms with Crippen molar-refractivity contribution in [2.24, 2.45) is 0 Å². The van der Waals surface area contributed by atoms with Crippen LogP contribution in [-0.4, -0.2) is 5.33 Å². The zero-order chi connectivity index (χ0) is 11.4. The van der Waals surface area contributed by atoms with Gasteiger partial charge in [0.1, 0.15) is 0 Å². The number of halogens is 2. The van der Waals surface area contributed by atoms with Crippen LogP contribution in [0.2, 0.25) is 5.02 Å². The zero-order valence-electron chi connectivity index (χ0n) is 8.63. The molecule has 0 N–H and O–H groups in total. The van der Waals surface area contributed by atoms with Gasteiger partial charge in [0.25, 0.3) is 0 Å². The summed E-state index contributed by atoms with van der Waals surface area (Å²) in [6, 6.07) is 12.0. The topological polar surface area (TPSA) is 0 Å². The molecule has 0 unspecified atom stereocenters. The summed E-state index contributed by atoms with van der Waals surface area (Å²) in [5, 5.41) is 3.85. The van der Waals surface area contributed by atoms with Crippen molar-refractivity contribution in [3.05, 3.63) is 47.0 Å². The van der Waals surface area contributed by atoms with Crippen molar-refractivity contribution in [1.82, 2.24) is 0 Å². The van der Waals surface area contributed by atoms with Gasteiger partial charge in [0.2, 0.25) is 0 Å². The highest BCUT2D eigenvalue weighted by Gasteiger charge is 2.01. The summed E-state index contributed by atoms with van der Waals surface area (Å²) in [6.07, 6.45) is 0.848. The molecule has 0 radical (unpaired) electrons. The number of alkyl halides is 1. The molecule has 0 amide bonds. The van der Waals surface area contributed by atoms with Crippen LogP contribution in [-0.2, 0) is 0 Å². The van der Waals surface area contributed by atoms with Gasteiger partial charge in [0.05, 0.1) is 0 Å². The molecule has 16 heavy (non-hydrogen) atoms. The second-order valence-electron chi connectivity index (χ2n) is 3.38. The van der Waals surface area contributed by atoms with Gasteiger partial charge in [-0.25, -0.2) is 0 Å². The van der Waals surface area contributed by atoms with Crippen molar-refractivity contribution >= 4 is 38.3 Å². The Morgan fingerprint density at radius 2 is 1.88 bits per heavy atom. The Hall–Kier alpha value is -0.970. The molecule has 2 rings (SSSR count). The molecular formula is C14H10BrCl. The van der Waals surface area contributed by atoms with Crippen molar-refractivity contribution in [2.75, 3.05) is 5.33 Å². The van der Waals surface area contributed by atoms with Gasteiger partial charge in [-0.3, -0.25) is 0 Å². The lowest BCUT2D eigenvalue weighted by atomic mass is 10.0. The van der Waals surface area contributed by atoms with Gasteiger partial charge in [0, 0.05) is 27.7 Å². The highest BCUT2D eigenvalue weighted by atomic mass is 79.9. The molecule has 0 aliphatic rings. The van der Waals surface area contributed by atoms with E-state index in [1.165, 1.54) is 0 Å². The van der Waals surface area contributed by atoms with Crippen molar-refractivity contribution < 1.29 is 0 Å². The van der Waals surface area contributed by atoms with Gasteiger partial charge in [-0.2, -0.15) is 0 Å². The normalized spacial score (nSPS) is 9.88. The molecule has 0 fully saturated rings. The zero-order valence-corrected chi connectivity index (χ0v) is 11.0. The van der Waals surface area contributed by atoms with E-state index in [-0.39, 0.29) is 0 Å². The first-order chi connectivity index (χ1) is 7.83. The van der Waals surface area contributed by atoms with Gasteiger partial charge in [-0.1, -0.05) is 63.6 Å². The summed E-state index contributed by atoms with van der Waals surface area (Å²) < 4.78 is 0. The molecule has 2 aromatic rings. The monoisotopic (exact) mass is 292 g/mol. The van der Waals surface area contributed by atoms with E-state index in [1.54, 1.807) is 0 Å². The highest BCUT2D eigenvalue weighted by molar-refractivity contribution is 9.09. The third-order valence-corrected chi connectivity index (χ3v) is 3.01. The van der Waals surface area contributed by atoms with E-state index in [9.17, 15) is 0 Å². The molecule has 80 valence electrons. The van der Waals surface area contributed by atoms with Gasteiger partial charge in [-0.15, -0.1) is 0 Å². The largest absolute Gasteiger partial charge is 0.0970 e. The molecule has 0 heterocycles. The molecule has 0 nitrogen and oxygen atoms in total. The Bertz CT molecular complexity index is 558. The van der Waals surface area contributed by atoms with Crippen LogP contribution in [0.3, 0.4) is 0 Å². The number of rotatable bonds is 1. The van der Waals surface area contributed by atoms with Crippen molar-refractivity contribution in [3.8, 4) is 11.8 Å². The minimum absolute atomic E-state index is 0.765. The maximum atomic E-state index is 6.20. The summed E-state index contributed by atoms with van der Waals surface area (Å²) >= 11 is 9.56. The van der Waals surface area contributed by atoms with Gasteiger partial charge >= 0.3 is 0 Å². The number of hydrogen-bond acceptors (Lipinski definition) is 0. The lowest BCUT2D eigenvalue weighted by Crippen LogP contribution is -1.81. The van der Waals surface area contributed by atoms with Gasteiger partial charge in [0.15, 0.2) is 0 Å². The standard InChI is InChI=1S/C14H10BrCl/c15-10-2-1-5-11-6-3-7-12-8-4-9-13(16)14(11)12/h3-4,6-9H,2,10H2. The van der Waals surface area contributed by atoms with E-state index in [0.717, 1.165) is 33.1 Å². The molecule has 0 aromatic heterocycles. The molecule has 2 aromatic carbocycles. The fourth-order valence-corrected chi connectivity index (χ4v) is 2.09.